The first kappa shape index (κ1) is 16.9. The molecule has 2 N–H and O–H groups in total. The summed E-state index contributed by atoms with van der Waals surface area (Å²) >= 11 is 0. The van der Waals surface area contributed by atoms with Crippen molar-refractivity contribution in [1.82, 2.24) is 10.3 Å². The number of nitrogens with one attached hydrogen (secondary N) is 2. The van der Waals surface area contributed by atoms with E-state index in [1.807, 2.05) is 13.8 Å². The number of benzene rings is 1. The number of rotatable bonds is 4. The minimum absolute atomic E-state index is 0.839. The van der Waals surface area contributed by atoms with Crippen molar-refractivity contribution >= 4 is 27.9 Å². The number of H-pyrrole nitrogens is 1. The van der Waals surface area contributed by atoms with Crippen molar-refractivity contribution in [1.29, 1.82) is 0 Å². The van der Waals surface area contributed by atoms with Gasteiger partial charge in [-0.05, 0) is 38.0 Å². The Labute approximate surface area is 149 Å². The molecule has 25 heavy (non-hydrogen) atoms. The second-order valence-electron chi connectivity index (χ2n) is 6.77. The van der Waals surface area contributed by atoms with Crippen molar-refractivity contribution in [3.05, 3.63) is 78.3 Å². The second kappa shape index (κ2) is 5.85. The Balaban J connectivity index is 2.15. The molecular formula is C22H25N3. The molecule has 0 fully saturated rings. The molecule has 0 spiro atoms. The van der Waals surface area contributed by atoms with Gasteiger partial charge in [-0.1, -0.05) is 38.4 Å². The maximum atomic E-state index is 4.32. The van der Waals surface area contributed by atoms with Crippen LogP contribution >= 0.6 is 0 Å². The van der Waals surface area contributed by atoms with Crippen molar-refractivity contribution in [2.75, 3.05) is 11.9 Å². The SMILES string of the molecule is C=C(C)NC(=C)c1ccc2c3c([nH]c2c1)C(=C)C(C(=C)C)=C(C)N3C. The van der Waals surface area contributed by atoms with Gasteiger partial charge < -0.3 is 15.2 Å². The number of anilines is 1. The maximum absolute atomic E-state index is 4.32. The van der Waals surface area contributed by atoms with E-state index in [1.54, 1.807) is 0 Å². The highest BCUT2D eigenvalue weighted by Gasteiger charge is 2.27. The van der Waals surface area contributed by atoms with Crippen molar-refractivity contribution < 1.29 is 0 Å². The van der Waals surface area contributed by atoms with Gasteiger partial charge in [-0.3, -0.25) is 0 Å². The Morgan fingerprint density at radius 3 is 2.44 bits per heavy atom. The quantitative estimate of drug-likeness (QED) is 0.767. The van der Waals surface area contributed by atoms with Gasteiger partial charge in [0.05, 0.1) is 11.4 Å². The highest BCUT2D eigenvalue weighted by atomic mass is 15.1. The molecule has 2 heterocycles. The first-order chi connectivity index (χ1) is 11.7. The van der Waals surface area contributed by atoms with Crippen molar-refractivity contribution in [2.45, 2.75) is 20.8 Å². The molecule has 0 saturated heterocycles. The van der Waals surface area contributed by atoms with E-state index in [0.717, 1.165) is 50.6 Å². The van der Waals surface area contributed by atoms with E-state index >= 15 is 0 Å². The zero-order valence-corrected chi connectivity index (χ0v) is 15.5. The fourth-order valence-corrected chi connectivity index (χ4v) is 3.51. The topological polar surface area (TPSA) is 31.1 Å². The smallest absolute Gasteiger partial charge is 0.0745 e. The fraction of sp³-hybridized carbons (Fsp3) is 0.182. The molecule has 0 atom stereocenters. The lowest BCUT2D eigenvalue weighted by molar-refractivity contribution is 1.05. The van der Waals surface area contributed by atoms with Gasteiger partial charge in [-0.15, -0.1) is 0 Å². The molecule has 0 unspecified atom stereocenters. The predicted octanol–water partition coefficient (Wildman–Crippen LogP) is 5.57. The van der Waals surface area contributed by atoms with Crippen LogP contribution in [0.3, 0.4) is 0 Å². The lowest BCUT2D eigenvalue weighted by Gasteiger charge is -2.30. The van der Waals surface area contributed by atoms with Crippen LogP contribution in [0.4, 0.5) is 5.69 Å². The van der Waals surface area contributed by atoms with Crippen LogP contribution in [0, 0.1) is 0 Å². The number of hydrogen-bond donors (Lipinski definition) is 2. The van der Waals surface area contributed by atoms with Crippen molar-refractivity contribution in [3.63, 3.8) is 0 Å². The van der Waals surface area contributed by atoms with Crippen LogP contribution in [0.1, 0.15) is 32.0 Å². The number of hydrogen-bond acceptors (Lipinski definition) is 2. The van der Waals surface area contributed by atoms with E-state index in [2.05, 4.69) is 73.7 Å². The molecule has 0 aliphatic carbocycles. The molecule has 1 aliphatic heterocycles. The predicted molar refractivity (Wildman–Crippen MR) is 110 cm³/mol. The molecule has 0 bridgehead atoms. The Morgan fingerprint density at radius 1 is 1.16 bits per heavy atom. The van der Waals surface area contributed by atoms with Gasteiger partial charge in [0.25, 0.3) is 0 Å². The van der Waals surface area contributed by atoms with Gasteiger partial charge in [-0.25, -0.2) is 0 Å². The van der Waals surface area contributed by atoms with Crippen LogP contribution in [0.15, 0.2) is 67.1 Å². The third-order valence-corrected chi connectivity index (χ3v) is 4.71. The van der Waals surface area contributed by atoms with E-state index in [1.165, 1.54) is 11.1 Å². The summed E-state index contributed by atoms with van der Waals surface area (Å²) in [6.07, 6.45) is 0. The van der Waals surface area contributed by atoms with Crippen LogP contribution in [0.25, 0.3) is 22.2 Å². The summed E-state index contributed by atoms with van der Waals surface area (Å²) in [6, 6.07) is 6.33. The number of aromatic nitrogens is 1. The molecule has 0 amide bonds. The third kappa shape index (κ3) is 2.62. The molecule has 128 valence electrons. The summed E-state index contributed by atoms with van der Waals surface area (Å²) in [6.45, 7) is 22.5. The van der Waals surface area contributed by atoms with Crippen LogP contribution < -0.4 is 10.2 Å². The Morgan fingerprint density at radius 2 is 1.84 bits per heavy atom. The summed E-state index contributed by atoms with van der Waals surface area (Å²) in [5, 5.41) is 4.35. The Hall–Kier alpha value is -2.94. The molecule has 0 saturated carbocycles. The third-order valence-electron chi connectivity index (χ3n) is 4.71. The molecule has 1 aromatic carbocycles. The number of nitrogens with zero attached hydrogens (tertiary/aromatic N) is 1. The van der Waals surface area contributed by atoms with E-state index in [-0.39, 0.29) is 0 Å². The van der Waals surface area contributed by atoms with E-state index < -0.39 is 0 Å². The van der Waals surface area contributed by atoms with Gasteiger partial charge in [-0.2, -0.15) is 0 Å². The van der Waals surface area contributed by atoms with Gasteiger partial charge >= 0.3 is 0 Å². The largest absolute Gasteiger partial charge is 0.360 e. The maximum Gasteiger partial charge on any atom is 0.0745 e. The van der Waals surface area contributed by atoms with Crippen LogP contribution in [0.5, 0.6) is 0 Å². The minimum atomic E-state index is 0.839. The first-order valence-electron chi connectivity index (χ1n) is 8.30. The molecule has 1 aliphatic rings. The fourth-order valence-electron chi connectivity index (χ4n) is 3.51. The van der Waals surface area contributed by atoms with Crippen molar-refractivity contribution in [3.8, 4) is 0 Å². The Bertz CT molecular complexity index is 982. The van der Waals surface area contributed by atoms with E-state index in [4.69, 9.17) is 0 Å². The highest BCUT2D eigenvalue weighted by molar-refractivity contribution is 6.05. The zero-order chi connectivity index (χ0) is 18.5. The summed E-state index contributed by atoms with van der Waals surface area (Å²) in [4.78, 5) is 5.76. The molecule has 2 aromatic rings. The molecule has 3 nitrogen and oxygen atoms in total. The summed E-state index contributed by atoms with van der Waals surface area (Å²) in [5.74, 6) is 0. The highest BCUT2D eigenvalue weighted by Crippen LogP contribution is 2.45. The monoisotopic (exact) mass is 331 g/mol. The lowest BCUT2D eigenvalue weighted by atomic mass is 9.92. The van der Waals surface area contributed by atoms with Crippen molar-refractivity contribution in [2.24, 2.45) is 0 Å². The number of aromatic amines is 1. The van der Waals surface area contributed by atoms with E-state index in [0.29, 0.717) is 0 Å². The average Bonchev–Trinajstić information content (AvgIpc) is 2.90. The lowest BCUT2D eigenvalue weighted by Crippen LogP contribution is -2.21. The normalized spacial score (nSPS) is 13.9. The van der Waals surface area contributed by atoms with Crippen LogP contribution in [-0.2, 0) is 0 Å². The molecule has 1 aromatic heterocycles. The van der Waals surface area contributed by atoms with Gasteiger partial charge in [0, 0.05) is 46.2 Å². The molecule has 3 rings (SSSR count). The number of allylic oxidation sites excluding steroid dienone is 5. The van der Waals surface area contributed by atoms with E-state index in [9.17, 15) is 0 Å². The molecular weight excluding hydrogens is 306 g/mol. The standard InChI is InChI=1S/C22H25N3/c1-12(2)20-14(5)21-22(25(8)16(20)7)18-10-9-17(11-19(18)24-21)15(6)23-13(3)4/h9-11,23-24H,1,3,5-6H2,2,4,7-8H3. The minimum Gasteiger partial charge on any atom is -0.360 e. The average molecular weight is 331 g/mol. The van der Waals surface area contributed by atoms with Crippen LogP contribution in [-0.4, -0.2) is 12.0 Å². The van der Waals surface area contributed by atoms with Gasteiger partial charge in [0.15, 0.2) is 0 Å². The number of fused-ring (bicyclic) bond motifs is 3. The van der Waals surface area contributed by atoms with Gasteiger partial charge in [0.2, 0.25) is 0 Å². The molecule has 0 radical (unpaired) electrons. The Kier molecular flexibility index (Phi) is 3.96. The molecule has 3 heteroatoms. The zero-order valence-electron chi connectivity index (χ0n) is 15.5. The summed E-state index contributed by atoms with van der Waals surface area (Å²) in [7, 11) is 2.09. The van der Waals surface area contributed by atoms with Crippen LogP contribution in [0.2, 0.25) is 0 Å². The first-order valence-corrected chi connectivity index (χ1v) is 8.30. The summed E-state index contributed by atoms with van der Waals surface area (Å²) in [5.41, 5.74) is 10.3. The van der Waals surface area contributed by atoms with Gasteiger partial charge in [0.1, 0.15) is 0 Å². The second-order valence-corrected chi connectivity index (χ2v) is 6.77. The summed E-state index contributed by atoms with van der Waals surface area (Å²) < 4.78 is 0.